The van der Waals surface area contributed by atoms with Gasteiger partial charge < -0.3 is 10.2 Å². The molecule has 17 heavy (non-hydrogen) atoms. The number of fused-ring (bicyclic) bond motifs is 1. The SMILES string of the molecule is O=C(c1cnn2cccnc12)N1CCNCC1. The molecular weight excluding hydrogens is 218 g/mol. The number of rotatable bonds is 1. The lowest BCUT2D eigenvalue weighted by molar-refractivity contribution is 0.0737. The molecule has 1 aliphatic heterocycles. The summed E-state index contributed by atoms with van der Waals surface area (Å²) in [5.41, 5.74) is 1.20. The zero-order chi connectivity index (χ0) is 11.7. The number of carbonyl (C=O) groups excluding carboxylic acids is 1. The van der Waals surface area contributed by atoms with Crippen LogP contribution in [-0.4, -0.2) is 51.6 Å². The molecule has 1 aliphatic rings. The summed E-state index contributed by atoms with van der Waals surface area (Å²) in [5.74, 6) is 0.0141. The van der Waals surface area contributed by atoms with E-state index in [1.165, 1.54) is 0 Å². The summed E-state index contributed by atoms with van der Waals surface area (Å²) < 4.78 is 1.62. The lowest BCUT2D eigenvalue weighted by Gasteiger charge is -2.26. The minimum absolute atomic E-state index is 0.0141. The largest absolute Gasteiger partial charge is 0.336 e. The van der Waals surface area contributed by atoms with Gasteiger partial charge in [0.25, 0.3) is 5.91 Å². The maximum absolute atomic E-state index is 12.3. The van der Waals surface area contributed by atoms with Gasteiger partial charge in [0.05, 0.1) is 6.20 Å². The molecule has 0 aromatic carbocycles. The third-order valence-corrected chi connectivity index (χ3v) is 2.91. The van der Waals surface area contributed by atoms with Gasteiger partial charge >= 0.3 is 0 Å². The van der Waals surface area contributed by atoms with Crippen LogP contribution in [0.1, 0.15) is 10.4 Å². The zero-order valence-corrected chi connectivity index (χ0v) is 9.33. The Hall–Kier alpha value is -1.95. The van der Waals surface area contributed by atoms with Crippen molar-refractivity contribution in [1.29, 1.82) is 0 Å². The van der Waals surface area contributed by atoms with Gasteiger partial charge in [0.1, 0.15) is 5.56 Å². The highest BCUT2D eigenvalue weighted by atomic mass is 16.2. The highest BCUT2D eigenvalue weighted by Gasteiger charge is 2.21. The van der Waals surface area contributed by atoms with Gasteiger partial charge in [0.15, 0.2) is 5.65 Å². The number of amides is 1. The molecule has 6 nitrogen and oxygen atoms in total. The Kier molecular flexibility index (Phi) is 2.49. The minimum Gasteiger partial charge on any atom is -0.336 e. The van der Waals surface area contributed by atoms with E-state index in [1.807, 2.05) is 4.90 Å². The monoisotopic (exact) mass is 231 g/mol. The van der Waals surface area contributed by atoms with Crippen LogP contribution >= 0.6 is 0 Å². The molecule has 0 radical (unpaired) electrons. The second-order valence-corrected chi connectivity index (χ2v) is 3.99. The van der Waals surface area contributed by atoms with E-state index in [0.29, 0.717) is 11.2 Å². The van der Waals surface area contributed by atoms with Crippen molar-refractivity contribution in [1.82, 2.24) is 24.8 Å². The van der Waals surface area contributed by atoms with Crippen molar-refractivity contribution in [2.24, 2.45) is 0 Å². The van der Waals surface area contributed by atoms with E-state index in [0.717, 1.165) is 26.2 Å². The Morgan fingerprint density at radius 2 is 2.18 bits per heavy atom. The maximum Gasteiger partial charge on any atom is 0.259 e. The van der Waals surface area contributed by atoms with Crippen molar-refractivity contribution in [2.75, 3.05) is 26.2 Å². The average Bonchev–Trinajstić information content (AvgIpc) is 2.83. The second-order valence-electron chi connectivity index (χ2n) is 3.99. The summed E-state index contributed by atoms with van der Waals surface area (Å²) in [4.78, 5) is 18.3. The van der Waals surface area contributed by atoms with Crippen LogP contribution in [0.15, 0.2) is 24.7 Å². The minimum atomic E-state index is 0.0141. The fourth-order valence-corrected chi connectivity index (χ4v) is 2.02. The van der Waals surface area contributed by atoms with E-state index in [1.54, 1.807) is 29.2 Å². The van der Waals surface area contributed by atoms with Crippen LogP contribution < -0.4 is 5.32 Å². The molecule has 0 atom stereocenters. The fraction of sp³-hybridized carbons (Fsp3) is 0.364. The standard InChI is InChI=1S/C11H13N5O/c17-11(15-6-3-12-4-7-15)9-8-14-16-5-1-2-13-10(9)16/h1-2,5,8,12H,3-4,6-7H2. The molecule has 1 saturated heterocycles. The van der Waals surface area contributed by atoms with Crippen molar-refractivity contribution < 1.29 is 4.79 Å². The predicted molar refractivity (Wildman–Crippen MR) is 61.8 cm³/mol. The van der Waals surface area contributed by atoms with E-state index in [-0.39, 0.29) is 5.91 Å². The van der Waals surface area contributed by atoms with Gasteiger partial charge in [0.2, 0.25) is 0 Å². The van der Waals surface area contributed by atoms with Gasteiger partial charge in [-0.2, -0.15) is 5.10 Å². The van der Waals surface area contributed by atoms with Crippen LogP contribution in [0, 0.1) is 0 Å². The van der Waals surface area contributed by atoms with Gasteiger partial charge in [-0.3, -0.25) is 4.79 Å². The first kappa shape index (κ1) is 10.2. The summed E-state index contributed by atoms with van der Waals surface area (Å²) >= 11 is 0. The van der Waals surface area contributed by atoms with Crippen LogP contribution in [0.4, 0.5) is 0 Å². The number of piperazine rings is 1. The fourth-order valence-electron chi connectivity index (χ4n) is 2.02. The third kappa shape index (κ3) is 1.76. The van der Waals surface area contributed by atoms with Gasteiger partial charge in [-0.1, -0.05) is 0 Å². The van der Waals surface area contributed by atoms with Crippen LogP contribution in [0.2, 0.25) is 0 Å². The van der Waals surface area contributed by atoms with Crippen LogP contribution in [0.5, 0.6) is 0 Å². The number of aromatic nitrogens is 3. The molecule has 0 unspecified atom stereocenters. The van der Waals surface area contributed by atoms with E-state index < -0.39 is 0 Å². The smallest absolute Gasteiger partial charge is 0.259 e. The molecule has 1 fully saturated rings. The summed E-state index contributed by atoms with van der Waals surface area (Å²) in [6, 6.07) is 1.79. The van der Waals surface area contributed by atoms with Crippen LogP contribution in [0.25, 0.3) is 5.65 Å². The van der Waals surface area contributed by atoms with Crippen LogP contribution in [0.3, 0.4) is 0 Å². The molecule has 0 bridgehead atoms. The number of hydrogen-bond acceptors (Lipinski definition) is 4. The normalized spacial score (nSPS) is 16.4. The molecule has 88 valence electrons. The van der Waals surface area contributed by atoms with Crippen LogP contribution in [-0.2, 0) is 0 Å². The first-order valence-corrected chi connectivity index (χ1v) is 5.64. The molecule has 2 aromatic heterocycles. The van der Waals surface area contributed by atoms with Crippen molar-refractivity contribution in [2.45, 2.75) is 0 Å². The molecule has 3 rings (SSSR count). The first-order valence-electron chi connectivity index (χ1n) is 5.64. The van der Waals surface area contributed by atoms with Crippen molar-refractivity contribution in [3.8, 4) is 0 Å². The van der Waals surface area contributed by atoms with Gasteiger partial charge in [-0.05, 0) is 6.07 Å². The molecule has 0 saturated carbocycles. The number of carbonyl (C=O) groups is 1. The Bertz CT molecular complexity index is 544. The van der Waals surface area contributed by atoms with E-state index in [2.05, 4.69) is 15.4 Å². The molecule has 0 spiro atoms. The number of nitrogens with zero attached hydrogens (tertiary/aromatic N) is 4. The molecular formula is C11H13N5O. The topological polar surface area (TPSA) is 62.5 Å². The van der Waals surface area contributed by atoms with Gasteiger partial charge in [-0.15, -0.1) is 0 Å². The Morgan fingerprint density at radius 3 is 3.00 bits per heavy atom. The lowest BCUT2D eigenvalue weighted by atomic mass is 10.2. The second kappa shape index (κ2) is 4.14. The number of nitrogens with one attached hydrogen (secondary N) is 1. The average molecular weight is 231 g/mol. The summed E-state index contributed by atoms with van der Waals surface area (Å²) in [7, 11) is 0. The quantitative estimate of drug-likeness (QED) is 0.736. The van der Waals surface area contributed by atoms with E-state index in [4.69, 9.17) is 0 Å². The molecule has 1 N–H and O–H groups in total. The van der Waals surface area contributed by atoms with E-state index in [9.17, 15) is 4.79 Å². The first-order chi connectivity index (χ1) is 8.36. The zero-order valence-electron chi connectivity index (χ0n) is 9.33. The number of hydrogen-bond donors (Lipinski definition) is 1. The lowest BCUT2D eigenvalue weighted by Crippen LogP contribution is -2.46. The predicted octanol–water partition coefficient (Wildman–Crippen LogP) is -0.225. The third-order valence-electron chi connectivity index (χ3n) is 2.91. The molecule has 0 aliphatic carbocycles. The van der Waals surface area contributed by atoms with E-state index >= 15 is 0 Å². The maximum atomic E-state index is 12.3. The summed E-state index contributed by atoms with van der Waals surface area (Å²) in [6.07, 6.45) is 5.05. The van der Waals surface area contributed by atoms with Crippen molar-refractivity contribution >= 4 is 11.6 Å². The highest BCUT2D eigenvalue weighted by molar-refractivity contribution is 5.99. The molecule has 3 heterocycles. The van der Waals surface area contributed by atoms with Crippen molar-refractivity contribution in [3.05, 3.63) is 30.2 Å². The van der Waals surface area contributed by atoms with Gasteiger partial charge in [-0.25, -0.2) is 9.50 Å². The molecule has 1 amide bonds. The molecule has 6 heteroatoms. The highest BCUT2D eigenvalue weighted by Crippen LogP contribution is 2.10. The Labute approximate surface area is 98.2 Å². The van der Waals surface area contributed by atoms with Gasteiger partial charge in [0, 0.05) is 38.6 Å². The Morgan fingerprint density at radius 1 is 1.35 bits per heavy atom. The molecule has 2 aromatic rings. The van der Waals surface area contributed by atoms with Crippen molar-refractivity contribution in [3.63, 3.8) is 0 Å². The Balaban J connectivity index is 1.95. The summed E-state index contributed by atoms with van der Waals surface area (Å²) in [5, 5.41) is 7.35. The summed E-state index contributed by atoms with van der Waals surface area (Å²) in [6.45, 7) is 3.17.